The van der Waals surface area contributed by atoms with Crippen molar-refractivity contribution in [3.05, 3.63) is 35.6 Å². The van der Waals surface area contributed by atoms with Gasteiger partial charge in [0.25, 0.3) is 0 Å². The van der Waals surface area contributed by atoms with Gasteiger partial charge in [-0.25, -0.2) is 9.38 Å². The highest BCUT2D eigenvalue weighted by Crippen LogP contribution is 2.25. The molecule has 2 atom stereocenters. The third-order valence-electron chi connectivity index (χ3n) is 5.70. The first kappa shape index (κ1) is 24.4. The van der Waals surface area contributed by atoms with Crippen LogP contribution in [0.2, 0.25) is 0 Å². The molecule has 9 heteroatoms. The molecule has 1 aromatic carbocycles. The Balaban J connectivity index is 1.64. The topological polar surface area (TPSA) is 69.6 Å². The standard InChI is InChI=1S/C23H36FN5O3/c1-18-16-29(17-21(32-18)19-5-7-20(24)8-6-19)23(26-15-22(30)27(2)3)25-9-4-10-28-11-13-31-14-12-28/h5-8,18,21H,4,9-17H2,1-3H3,(H,25,26). The number of morpholine rings is 2. The van der Waals surface area contributed by atoms with Crippen molar-refractivity contribution < 1.29 is 18.7 Å². The molecule has 0 aromatic heterocycles. The number of likely N-dealkylation sites (N-methyl/N-ethyl adjacent to an activating group) is 1. The maximum atomic E-state index is 13.4. The molecule has 2 aliphatic heterocycles. The number of amides is 1. The van der Waals surface area contributed by atoms with E-state index in [1.807, 2.05) is 6.92 Å². The van der Waals surface area contributed by atoms with E-state index in [1.54, 1.807) is 31.1 Å². The van der Waals surface area contributed by atoms with Crippen molar-refractivity contribution in [3.63, 3.8) is 0 Å². The van der Waals surface area contributed by atoms with Gasteiger partial charge in [0.2, 0.25) is 5.91 Å². The molecule has 2 unspecified atom stereocenters. The Kier molecular flexibility index (Phi) is 9.25. The third-order valence-corrected chi connectivity index (χ3v) is 5.70. The van der Waals surface area contributed by atoms with Crippen LogP contribution >= 0.6 is 0 Å². The van der Waals surface area contributed by atoms with E-state index < -0.39 is 0 Å². The Bertz CT molecular complexity index is 753. The van der Waals surface area contributed by atoms with Crippen LogP contribution in [0, 0.1) is 5.82 Å². The molecule has 0 saturated carbocycles. The van der Waals surface area contributed by atoms with Crippen LogP contribution in [0.5, 0.6) is 0 Å². The van der Waals surface area contributed by atoms with Crippen LogP contribution in [-0.4, -0.2) is 106 Å². The van der Waals surface area contributed by atoms with Crippen LogP contribution in [0.25, 0.3) is 0 Å². The quantitative estimate of drug-likeness (QED) is 0.385. The van der Waals surface area contributed by atoms with Crippen molar-refractivity contribution in [2.75, 3.05) is 73.1 Å². The van der Waals surface area contributed by atoms with E-state index in [2.05, 4.69) is 20.1 Å². The lowest BCUT2D eigenvalue weighted by molar-refractivity contribution is -0.127. The molecule has 2 aliphatic rings. The first-order valence-corrected chi connectivity index (χ1v) is 11.4. The molecule has 8 nitrogen and oxygen atoms in total. The first-order valence-electron chi connectivity index (χ1n) is 11.4. The largest absolute Gasteiger partial charge is 0.379 e. The Morgan fingerprint density at radius 2 is 1.94 bits per heavy atom. The van der Waals surface area contributed by atoms with Gasteiger partial charge in [-0.2, -0.15) is 0 Å². The van der Waals surface area contributed by atoms with Gasteiger partial charge in [-0.3, -0.25) is 9.69 Å². The Morgan fingerprint density at radius 1 is 1.22 bits per heavy atom. The Hall–Kier alpha value is -2.23. The minimum atomic E-state index is -0.263. The van der Waals surface area contributed by atoms with Crippen molar-refractivity contribution >= 4 is 11.9 Å². The molecule has 0 bridgehead atoms. The summed E-state index contributed by atoms with van der Waals surface area (Å²) in [4.78, 5) is 22.8. The van der Waals surface area contributed by atoms with E-state index >= 15 is 0 Å². The summed E-state index contributed by atoms with van der Waals surface area (Å²) in [5.41, 5.74) is 0.930. The lowest BCUT2D eigenvalue weighted by atomic mass is 10.1. The number of nitrogens with zero attached hydrogens (tertiary/aromatic N) is 4. The number of carbonyl (C=O) groups is 1. The predicted molar refractivity (Wildman–Crippen MR) is 122 cm³/mol. The third kappa shape index (κ3) is 7.43. The highest BCUT2D eigenvalue weighted by molar-refractivity contribution is 5.85. The number of halogens is 1. The van der Waals surface area contributed by atoms with E-state index in [9.17, 15) is 9.18 Å². The van der Waals surface area contributed by atoms with Crippen molar-refractivity contribution in [3.8, 4) is 0 Å². The van der Waals surface area contributed by atoms with Crippen molar-refractivity contribution in [2.45, 2.75) is 25.6 Å². The first-order chi connectivity index (χ1) is 15.4. The van der Waals surface area contributed by atoms with Crippen LogP contribution in [0.3, 0.4) is 0 Å². The van der Waals surface area contributed by atoms with Crippen molar-refractivity contribution in [1.29, 1.82) is 0 Å². The van der Waals surface area contributed by atoms with E-state index in [0.717, 1.165) is 51.4 Å². The molecule has 2 fully saturated rings. The number of rotatable bonds is 7. The zero-order chi connectivity index (χ0) is 22.9. The molecule has 32 heavy (non-hydrogen) atoms. The van der Waals surface area contributed by atoms with Crippen LogP contribution in [0.1, 0.15) is 25.0 Å². The molecule has 0 radical (unpaired) electrons. The summed E-state index contributed by atoms with van der Waals surface area (Å²) in [6.45, 7) is 8.65. The predicted octanol–water partition coefficient (Wildman–Crippen LogP) is 1.34. The average Bonchev–Trinajstić information content (AvgIpc) is 2.79. The van der Waals surface area contributed by atoms with Crippen molar-refractivity contribution in [2.24, 2.45) is 4.99 Å². The summed E-state index contributed by atoms with van der Waals surface area (Å²) in [6.07, 6.45) is 0.759. The molecule has 178 valence electrons. The second-order valence-corrected chi connectivity index (χ2v) is 8.55. The van der Waals surface area contributed by atoms with E-state index in [4.69, 9.17) is 9.47 Å². The van der Waals surface area contributed by atoms with Crippen LogP contribution in [0.4, 0.5) is 4.39 Å². The van der Waals surface area contributed by atoms with Gasteiger partial charge >= 0.3 is 0 Å². The summed E-state index contributed by atoms with van der Waals surface area (Å²) in [5, 5.41) is 3.46. The van der Waals surface area contributed by atoms with Crippen LogP contribution in [0.15, 0.2) is 29.3 Å². The fraction of sp³-hybridized carbons (Fsp3) is 0.652. The molecular weight excluding hydrogens is 413 g/mol. The van der Waals surface area contributed by atoms with Crippen molar-refractivity contribution in [1.82, 2.24) is 20.0 Å². The molecule has 1 amide bonds. The lowest BCUT2D eigenvalue weighted by Gasteiger charge is -2.39. The summed E-state index contributed by atoms with van der Waals surface area (Å²) in [5.74, 6) is 0.402. The van der Waals surface area contributed by atoms with Gasteiger partial charge in [-0.05, 0) is 37.6 Å². The maximum absolute atomic E-state index is 13.4. The number of benzene rings is 1. The normalized spacial score (nSPS) is 22.6. The molecule has 1 aromatic rings. The molecule has 0 aliphatic carbocycles. The zero-order valence-corrected chi connectivity index (χ0v) is 19.4. The number of hydrogen-bond acceptors (Lipinski definition) is 5. The van der Waals surface area contributed by atoms with Gasteiger partial charge in [-0.1, -0.05) is 12.1 Å². The summed E-state index contributed by atoms with van der Waals surface area (Å²) < 4.78 is 24.9. The SMILES string of the molecule is CC1CN(C(=NCC(=O)N(C)C)NCCCN2CCOCC2)CC(c2ccc(F)cc2)O1. The molecule has 1 N–H and O–H groups in total. The molecule has 2 saturated heterocycles. The highest BCUT2D eigenvalue weighted by atomic mass is 19.1. The number of nitrogens with one attached hydrogen (secondary N) is 1. The summed E-state index contributed by atoms with van der Waals surface area (Å²) in [6, 6.07) is 6.44. The van der Waals surface area contributed by atoms with Gasteiger partial charge in [0.1, 0.15) is 18.5 Å². The molecule has 3 rings (SSSR count). The minimum Gasteiger partial charge on any atom is -0.379 e. The van der Waals surface area contributed by atoms with E-state index in [-0.39, 0.29) is 30.5 Å². The number of guanidine groups is 1. The van der Waals surface area contributed by atoms with Crippen LogP contribution < -0.4 is 5.32 Å². The average molecular weight is 450 g/mol. The molecule has 2 heterocycles. The number of ether oxygens (including phenoxy) is 2. The highest BCUT2D eigenvalue weighted by Gasteiger charge is 2.28. The molecule has 0 spiro atoms. The number of carbonyl (C=O) groups excluding carboxylic acids is 1. The monoisotopic (exact) mass is 449 g/mol. The fourth-order valence-electron chi connectivity index (χ4n) is 3.87. The summed E-state index contributed by atoms with van der Waals surface area (Å²) in [7, 11) is 3.46. The van der Waals surface area contributed by atoms with Gasteiger partial charge in [-0.15, -0.1) is 0 Å². The van der Waals surface area contributed by atoms with Gasteiger partial charge in [0.05, 0.1) is 25.9 Å². The van der Waals surface area contributed by atoms with Crippen LogP contribution in [-0.2, 0) is 14.3 Å². The Labute approximate surface area is 190 Å². The van der Waals surface area contributed by atoms with E-state index in [0.29, 0.717) is 19.0 Å². The summed E-state index contributed by atoms with van der Waals surface area (Å²) >= 11 is 0. The fourth-order valence-corrected chi connectivity index (χ4v) is 3.87. The minimum absolute atomic E-state index is 0.0243. The molecular formula is C23H36FN5O3. The smallest absolute Gasteiger partial charge is 0.243 e. The zero-order valence-electron chi connectivity index (χ0n) is 19.4. The Morgan fingerprint density at radius 3 is 2.62 bits per heavy atom. The van der Waals surface area contributed by atoms with Gasteiger partial charge < -0.3 is 24.6 Å². The lowest BCUT2D eigenvalue weighted by Crippen LogP contribution is -2.51. The second kappa shape index (κ2) is 12.1. The van der Waals surface area contributed by atoms with E-state index in [1.165, 1.54) is 12.1 Å². The number of hydrogen-bond donors (Lipinski definition) is 1. The second-order valence-electron chi connectivity index (χ2n) is 8.55. The van der Waals surface area contributed by atoms with Gasteiger partial charge in [0.15, 0.2) is 5.96 Å². The van der Waals surface area contributed by atoms with Gasteiger partial charge in [0, 0.05) is 40.3 Å². The maximum Gasteiger partial charge on any atom is 0.243 e. The number of aliphatic imine (C=N–C) groups is 1.